The Bertz CT molecular complexity index is 1120. The van der Waals surface area contributed by atoms with E-state index in [2.05, 4.69) is 15.4 Å². The first-order valence-electron chi connectivity index (χ1n) is 8.67. The highest BCUT2D eigenvalue weighted by Gasteiger charge is 2.15. The van der Waals surface area contributed by atoms with Crippen LogP contribution in [-0.2, 0) is 0 Å². The van der Waals surface area contributed by atoms with Gasteiger partial charge in [0, 0.05) is 22.6 Å². The molecule has 6 nitrogen and oxygen atoms in total. The fraction of sp³-hybridized carbons (Fsp3) is 0.0952. The molecule has 4 aromatic rings. The van der Waals surface area contributed by atoms with Crippen LogP contribution in [0.3, 0.4) is 0 Å². The smallest absolute Gasteiger partial charge is 0.256 e. The minimum atomic E-state index is -0.236. The third kappa shape index (κ3) is 3.65. The highest BCUT2D eigenvalue weighted by Crippen LogP contribution is 2.26. The molecule has 28 heavy (non-hydrogen) atoms. The molecule has 0 atom stereocenters. The van der Waals surface area contributed by atoms with Crippen LogP contribution in [0.25, 0.3) is 16.4 Å². The lowest BCUT2D eigenvalue weighted by Gasteiger charge is -2.07. The predicted octanol–water partition coefficient (Wildman–Crippen LogP) is 4.57. The lowest BCUT2D eigenvalue weighted by Crippen LogP contribution is -2.15. The van der Waals surface area contributed by atoms with Gasteiger partial charge in [0.1, 0.15) is 11.6 Å². The highest BCUT2D eigenvalue weighted by atomic mass is 32.1. The van der Waals surface area contributed by atoms with Crippen LogP contribution < -0.4 is 10.1 Å². The maximum absolute atomic E-state index is 12.7. The molecular formula is C21H18N4O2S. The number of aryl methyl sites for hydroxylation is 1. The fourth-order valence-electron chi connectivity index (χ4n) is 2.79. The number of thiazole rings is 1. The molecule has 140 valence electrons. The summed E-state index contributed by atoms with van der Waals surface area (Å²) >= 11 is 1.47. The van der Waals surface area contributed by atoms with E-state index in [-0.39, 0.29) is 5.91 Å². The summed E-state index contributed by atoms with van der Waals surface area (Å²) < 4.78 is 6.85. The Hall–Kier alpha value is -3.45. The van der Waals surface area contributed by atoms with Gasteiger partial charge in [-0.2, -0.15) is 9.78 Å². The molecular weight excluding hydrogens is 372 g/mol. The van der Waals surface area contributed by atoms with Gasteiger partial charge in [0.05, 0.1) is 18.5 Å². The van der Waals surface area contributed by atoms with Gasteiger partial charge in [-0.3, -0.25) is 4.79 Å². The average molecular weight is 390 g/mol. The molecule has 1 N–H and O–H groups in total. The second-order valence-electron chi connectivity index (χ2n) is 6.15. The van der Waals surface area contributed by atoms with Crippen LogP contribution in [0, 0.1) is 6.92 Å². The number of methoxy groups -OCH3 is 1. The first-order valence-corrected chi connectivity index (χ1v) is 9.55. The maximum Gasteiger partial charge on any atom is 0.256 e. The lowest BCUT2D eigenvalue weighted by atomic mass is 10.2. The second-order valence-corrected chi connectivity index (χ2v) is 6.99. The number of nitrogens with one attached hydrogen (secondary N) is 1. The zero-order valence-corrected chi connectivity index (χ0v) is 16.2. The van der Waals surface area contributed by atoms with Gasteiger partial charge in [0.15, 0.2) is 0 Å². The van der Waals surface area contributed by atoms with Crippen LogP contribution in [0.2, 0.25) is 0 Å². The molecule has 0 aliphatic rings. The minimum Gasteiger partial charge on any atom is -0.497 e. The van der Waals surface area contributed by atoms with Crippen LogP contribution in [0.5, 0.6) is 5.75 Å². The zero-order chi connectivity index (χ0) is 19.5. The summed E-state index contributed by atoms with van der Waals surface area (Å²) in [4.78, 5) is 17.4. The second kappa shape index (κ2) is 7.66. The largest absolute Gasteiger partial charge is 0.497 e. The van der Waals surface area contributed by atoms with Gasteiger partial charge in [-0.05, 0) is 25.1 Å². The summed E-state index contributed by atoms with van der Waals surface area (Å²) in [7, 11) is 1.57. The average Bonchev–Trinajstić information content (AvgIpc) is 3.35. The summed E-state index contributed by atoms with van der Waals surface area (Å²) in [6.07, 6.45) is 0. The Balaban J connectivity index is 1.62. The lowest BCUT2D eigenvalue weighted by molar-refractivity contribution is 0.102. The van der Waals surface area contributed by atoms with Crippen LogP contribution in [0.15, 0.2) is 66.0 Å². The van der Waals surface area contributed by atoms with E-state index in [1.807, 2.05) is 48.7 Å². The van der Waals surface area contributed by atoms with Gasteiger partial charge in [-0.1, -0.05) is 36.4 Å². The molecule has 2 heterocycles. The number of nitrogens with zero attached hydrogens (tertiary/aromatic N) is 3. The summed E-state index contributed by atoms with van der Waals surface area (Å²) in [5.74, 6) is 0.962. The Morgan fingerprint density at radius 2 is 1.93 bits per heavy atom. The first kappa shape index (κ1) is 17.9. The number of ether oxygens (including phenoxy) is 1. The number of rotatable bonds is 5. The molecule has 0 aliphatic heterocycles. The molecule has 0 unspecified atom stereocenters. The van der Waals surface area contributed by atoms with Crippen LogP contribution >= 0.6 is 11.3 Å². The van der Waals surface area contributed by atoms with E-state index >= 15 is 0 Å². The molecule has 0 spiro atoms. The van der Waals surface area contributed by atoms with Gasteiger partial charge in [0.2, 0.25) is 5.13 Å². The number of aromatic nitrogens is 3. The standard InChI is InChI=1S/C21H18N4O2S/c1-14-11-19(23-20(26)16-9-6-10-17(12-16)27-2)25(24-14)21-22-18(13-28-21)15-7-4-3-5-8-15/h3-13H,1-2H3,(H,23,26). The van der Waals surface area contributed by atoms with Crippen molar-refractivity contribution in [1.29, 1.82) is 0 Å². The van der Waals surface area contributed by atoms with E-state index < -0.39 is 0 Å². The molecule has 2 aromatic heterocycles. The number of hydrogen-bond acceptors (Lipinski definition) is 5. The number of carbonyl (C=O) groups excluding carboxylic acids is 1. The van der Waals surface area contributed by atoms with Crippen molar-refractivity contribution in [2.24, 2.45) is 0 Å². The van der Waals surface area contributed by atoms with Gasteiger partial charge in [-0.15, -0.1) is 11.3 Å². The Kier molecular flexibility index (Phi) is 4.90. The van der Waals surface area contributed by atoms with Crippen molar-refractivity contribution in [3.8, 4) is 22.1 Å². The summed E-state index contributed by atoms with van der Waals surface area (Å²) in [6, 6.07) is 18.8. The van der Waals surface area contributed by atoms with Crippen molar-refractivity contribution >= 4 is 23.1 Å². The van der Waals surface area contributed by atoms with Crippen molar-refractivity contribution in [2.75, 3.05) is 12.4 Å². The highest BCUT2D eigenvalue weighted by molar-refractivity contribution is 7.12. The van der Waals surface area contributed by atoms with Crippen molar-refractivity contribution in [1.82, 2.24) is 14.8 Å². The summed E-state index contributed by atoms with van der Waals surface area (Å²) in [5, 5.41) is 10.1. The Morgan fingerprint density at radius 3 is 2.71 bits per heavy atom. The van der Waals surface area contributed by atoms with Crippen molar-refractivity contribution in [3.05, 3.63) is 77.3 Å². The zero-order valence-electron chi connectivity index (χ0n) is 15.4. The van der Waals surface area contributed by atoms with E-state index in [9.17, 15) is 4.79 Å². The van der Waals surface area contributed by atoms with E-state index in [0.717, 1.165) is 17.0 Å². The van der Waals surface area contributed by atoms with Gasteiger partial charge in [0.25, 0.3) is 5.91 Å². The molecule has 0 aliphatic carbocycles. The Labute approximate surface area is 166 Å². The maximum atomic E-state index is 12.7. The molecule has 0 saturated heterocycles. The number of amides is 1. The van der Waals surface area contributed by atoms with E-state index in [1.54, 1.807) is 36.1 Å². The molecule has 0 radical (unpaired) electrons. The number of hydrogen-bond donors (Lipinski definition) is 1. The molecule has 0 saturated carbocycles. The molecule has 1 amide bonds. The van der Waals surface area contributed by atoms with Crippen molar-refractivity contribution in [3.63, 3.8) is 0 Å². The van der Waals surface area contributed by atoms with Crippen LogP contribution in [-0.4, -0.2) is 27.8 Å². The fourth-order valence-corrected chi connectivity index (χ4v) is 3.59. The minimum absolute atomic E-state index is 0.236. The molecule has 4 rings (SSSR count). The van der Waals surface area contributed by atoms with Gasteiger partial charge < -0.3 is 10.1 Å². The molecule has 0 bridgehead atoms. The first-order chi connectivity index (χ1) is 13.6. The quantitative estimate of drug-likeness (QED) is 0.542. The van der Waals surface area contributed by atoms with Crippen molar-refractivity contribution < 1.29 is 9.53 Å². The van der Waals surface area contributed by atoms with Crippen LogP contribution in [0.4, 0.5) is 5.82 Å². The Morgan fingerprint density at radius 1 is 1.11 bits per heavy atom. The summed E-state index contributed by atoms with van der Waals surface area (Å²) in [6.45, 7) is 1.88. The number of anilines is 1. The van der Waals surface area contributed by atoms with E-state index in [4.69, 9.17) is 4.74 Å². The van der Waals surface area contributed by atoms with Crippen LogP contribution in [0.1, 0.15) is 16.1 Å². The number of benzene rings is 2. The molecule has 7 heteroatoms. The third-order valence-corrected chi connectivity index (χ3v) is 4.96. The SMILES string of the molecule is COc1cccc(C(=O)Nc2cc(C)nn2-c2nc(-c3ccccc3)cs2)c1. The number of carbonyl (C=O) groups is 1. The monoisotopic (exact) mass is 390 g/mol. The summed E-state index contributed by atoms with van der Waals surface area (Å²) in [5.41, 5.74) is 3.21. The molecule has 2 aromatic carbocycles. The van der Waals surface area contributed by atoms with E-state index in [1.165, 1.54) is 11.3 Å². The van der Waals surface area contributed by atoms with Gasteiger partial charge in [-0.25, -0.2) is 4.98 Å². The van der Waals surface area contributed by atoms with Gasteiger partial charge >= 0.3 is 0 Å². The normalized spacial score (nSPS) is 10.6. The van der Waals surface area contributed by atoms with Crippen molar-refractivity contribution in [2.45, 2.75) is 6.92 Å². The van der Waals surface area contributed by atoms with E-state index in [0.29, 0.717) is 22.3 Å². The molecule has 0 fully saturated rings. The third-order valence-electron chi connectivity index (χ3n) is 4.15. The topological polar surface area (TPSA) is 69.0 Å². The predicted molar refractivity (Wildman–Crippen MR) is 110 cm³/mol.